The van der Waals surface area contributed by atoms with E-state index in [9.17, 15) is 14.8 Å². The molecule has 0 amide bonds. The normalized spacial score (nSPS) is 37.1. The third-order valence-corrected chi connectivity index (χ3v) is 3.04. The lowest BCUT2D eigenvalue weighted by molar-refractivity contribution is -0.116. The minimum absolute atomic E-state index is 0.402. The van der Waals surface area contributed by atoms with Crippen LogP contribution < -0.4 is 0 Å². The fourth-order valence-electron chi connectivity index (χ4n) is 1.24. The van der Waals surface area contributed by atoms with Gasteiger partial charge >= 0.3 is 7.82 Å². The molecule has 2 unspecified atom stereocenters. The largest absolute Gasteiger partial charge is 0.472 e. The summed E-state index contributed by atoms with van der Waals surface area (Å²) in [6.45, 7) is 0. The van der Waals surface area contributed by atoms with E-state index in [-0.39, 0.29) is 0 Å². The van der Waals surface area contributed by atoms with Crippen molar-refractivity contribution in [3.05, 3.63) is 0 Å². The van der Waals surface area contributed by atoms with E-state index in [1.54, 1.807) is 6.26 Å². The lowest BCUT2D eigenvalue weighted by Gasteiger charge is -2.15. The van der Waals surface area contributed by atoms with Crippen LogP contribution in [0.2, 0.25) is 0 Å². The van der Waals surface area contributed by atoms with Crippen LogP contribution in [-0.2, 0) is 13.8 Å². The second kappa shape index (κ2) is 5.11. The Balaban J connectivity index is 2.59. The number of ether oxygens (including phenoxy) is 1. The summed E-state index contributed by atoms with van der Waals surface area (Å²) >= 11 is 1.38. The predicted octanol–water partition coefficient (Wildman–Crippen LogP) is -1.09. The second-order valence-electron chi connectivity index (χ2n) is 3.08. The van der Waals surface area contributed by atoms with Crippen LogP contribution in [0.3, 0.4) is 0 Å². The van der Waals surface area contributed by atoms with Gasteiger partial charge < -0.3 is 24.7 Å². The quantitative estimate of drug-likeness (QED) is 0.471. The Morgan fingerprint density at radius 3 is 2.47 bits per heavy atom. The highest BCUT2D eigenvalue weighted by Gasteiger charge is 2.45. The summed E-state index contributed by atoms with van der Waals surface area (Å²) in [7, 11) is -4.73. The Hall–Kier alpha value is 0.340. The maximum absolute atomic E-state index is 10.5. The average Bonchev–Trinajstić information content (AvgIpc) is 2.32. The van der Waals surface area contributed by atoms with Crippen molar-refractivity contribution < 1.29 is 33.8 Å². The molecule has 1 aliphatic heterocycles. The molecule has 9 heteroatoms. The molecule has 1 heterocycles. The first-order valence-corrected chi connectivity index (χ1v) is 7.02. The number of rotatable bonds is 4. The molecule has 0 saturated carbocycles. The minimum atomic E-state index is -4.73. The Labute approximate surface area is 90.6 Å². The zero-order valence-electron chi connectivity index (χ0n) is 7.89. The second-order valence-corrected chi connectivity index (χ2v) is 5.18. The molecule has 0 radical (unpaired) electrons. The van der Waals surface area contributed by atoms with Crippen LogP contribution >= 0.6 is 19.6 Å². The average molecular weight is 260 g/mol. The van der Waals surface area contributed by atoms with Crippen LogP contribution in [0, 0.1) is 0 Å². The Morgan fingerprint density at radius 1 is 1.40 bits per heavy atom. The van der Waals surface area contributed by atoms with E-state index in [0.717, 1.165) is 0 Å². The molecule has 4 N–H and O–H groups in total. The molecule has 15 heavy (non-hydrogen) atoms. The third kappa shape index (κ3) is 3.69. The lowest BCUT2D eigenvalue weighted by atomic mass is 10.2. The van der Waals surface area contributed by atoms with Crippen molar-refractivity contribution >= 4 is 19.6 Å². The lowest BCUT2D eigenvalue weighted by Crippen LogP contribution is -2.33. The monoisotopic (exact) mass is 260 g/mol. The van der Waals surface area contributed by atoms with E-state index in [4.69, 9.17) is 14.5 Å². The Bertz CT molecular complexity index is 256. The van der Waals surface area contributed by atoms with E-state index in [0.29, 0.717) is 5.75 Å². The summed E-state index contributed by atoms with van der Waals surface area (Å²) in [6, 6.07) is 0. The van der Waals surface area contributed by atoms with Crippen LogP contribution in [0.5, 0.6) is 0 Å². The summed E-state index contributed by atoms with van der Waals surface area (Å²) in [5, 5.41) is 18.8. The molecule has 0 aromatic carbocycles. The maximum Gasteiger partial charge on any atom is 0.472 e. The number of hydrogen-bond acceptors (Lipinski definition) is 6. The van der Waals surface area contributed by atoms with E-state index < -0.39 is 32.4 Å². The van der Waals surface area contributed by atoms with Crippen molar-refractivity contribution in [3.63, 3.8) is 0 Å². The minimum Gasteiger partial charge on any atom is -0.387 e. The molecule has 0 aliphatic carbocycles. The highest BCUT2D eigenvalue weighted by molar-refractivity contribution is 7.98. The first kappa shape index (κ1) is 13.4. The van der Waals surface area contributed by atoms with Crippen molar-refractivity contribution in [3.8, 4) is 0 Å². The number of phosphoric acid groups is 1. The Morgan fingerprint density at radius 2 is 2.00 bits per heavy atom. The first-order chi connectivity index (χ1) is 6.85. The van der Waals surface area contributed by atoms with Gasteiger partial charge in [-0.2, -0.15) is 11.8 Å². The van der Waals surface area contributed by atoms with E-state index in [2.05, 4.69) is 4.52 Å². The molecular weight excluding hydrogens is 247 g/mol. The van der Waals surface area contributed by atoms with Gasteiger partial charge in [0.05, 0.1) is 6.10 Å². The molecule has 1 saturated heterocycles. The van der Waals surface area contributed by atoms with Gasteiger partial charge in [0.1, 0.15) is 12.2 Å². The van der Waals surface area contributed by atoms with Gasteiger partial charge in [-0.05, 0) is 6.26 Å². The fourth-order valence-corrected chi connectivity index (χ4v) is 2.29. The summed E-state index contributed by atoms with van der Waals surface area (Å²) in [5.74, 6) is 0.402. The van der Waals surface area contributed by atoms with Gasteiger partial charge in [0.2, 0.25) is 0 Å². The zero-order chi connectivity index (χ0) is 11.6. The molecule has 0 aromatic heterocycles. The molecule has 7 nitrogen and oxygen atoms in total. The fraction of sp³-hybridized carbons (Fsp3) is 1.00. The van der Waals surface area contributed by atoms with Crippen molar-refractivity contribution in [1.82, 2.24) is 0 Å². The summed E-state index contributed by atoms with van der Waals surface area (Å²) in [4.78, 5) is 17.0. The van der Waals surface area contributed by atoms with Gasteiger partial charge in [-0.3, -0.25) is 4.52 Å². The van der Waals surface area contributed by atoms with Gasteiger partial charge in [0.25, 0.3) is 0 Å². The predicted molar refractivity (Wildman–Crippen MR) is 52.2 cm³/mol. The number of aliphatic hydroxyl groups excluding tert-OH is 2. The molecule has 90 valence electrons. The molecule has 1 aliphatic rings. The highest BCUT2D eigenvalue weighted by Crippen LogP contribution is 2.41. The molecule has 0 bridgehead atoms. The van der Waals surface area contributed by atoms with Crippen molar-refractivity contribution in [1.29, 1.82) is 0 Å². The smallest absolute Gasteiger partial charge is 0.387 e. The Kier molecular flexibility index (Phi) is 4.57. The van der Waals surface area contributed by atoms with E-state index in [1.165, 1.54) is 11.8 Å². The SMILES string of the molecule is CSC[C@H]1OC(OP(=O)(O)O)[C@@H](O)C1O. The number of aliphatic hydroxyl groups is 2. The molecule has 1 rings (SSSR count). The maximum atomic E-state index is 10.5. The van der Waals surface area contributed by atoms with Gasteiger partial charge in [0.15, 0.2) is 6.29 Å². The first-order valence-electron chi connectivity index (χ1n) is 4.09. The van der Waals surface area contributed by atoms with Gasteiger partial charge in [-0.25, -0.2) is 4.57 Å². The van der Waals surface area contributed by atoms with Crippen LogP contribution in [0.4, 0.5) is 0 Å². The van der Waals surface area contributed by atoms with Gasteiger partial charge in [-0.1, -0.05) is 0 Å². The zero-order valence-corrected chi connectivity index (χ0v) is 9.60. The molecule has 0 aromatic rings. The summed E-state index contributed by atoms with van der Waals surface area (Å²) in [6.07, 6.45) is -3.05. The van der Waals surface area contributed by atoms with E-state index >= 15 is 0 Å². The number of phosphoric ester groups is 1. The van der Waals surface area contributed by atoms with Crippen LogP contribution in [0.1, 0.15) is 0 Å². The van der Waals surface area contributed by atoms with Crippen molar-refractivity contribution in [2.75, 3.05) is 12.0 Å². The summed E-state index contributed by atoms with van der Waals surface area (Å²) < 4.78 is 19.6. The molecule has 0 spiro atoms. The topological polar surface area (TPSA) is 116 Å². The molecule has 1 fully saturated rings. The molecular formula is C6H13O7PS. The summed E-state index contributed by atoms with van der Waals surface area (Å²) in [5.41, 5.74) is 0. The van der Waals surface area contributed by atoms with Gasteiger partial charge in [0, 0.05) is 5.75 Å². The standard InChI is InChI=1S/C6H13O7PS/c1-15-2-3-4(7)5(8)6(12-3)13-14(9,10)11/h3-8H,2H2,1H3,(H2,9,10,11)/t3-,4?,5+,6?/m1/s1. The number of thioether (sulfide) groups is 1. The van der Waals surface area contributed by atoms with Crippen LogP contribution in [0.15, 0.2) is 0 Å². The van der Waals surface area contributed by atoms with E-state index in [1.807, 2.05) is 0 Å². The van der Waals surface area contributed by atoms with Crippen molar-refractivity contribution in [2.45, 2.75) is 24.6 Å². The third-order valence-electron chi connectivity index (χ3n) is 1.89. The van der Waals surface area contributed by atoms with Crippen LogP contribution in [0.25, 0.3) is 0 Å². The number of hydrogen-bond donors (Lipinski definition) is 4. The van der Waals surface area contributed by atoms with Crippen molar-refractivity contribution in [2.24, 2.45) is 0 Å². The van der Waals surface area contributed by atoms with Crippen LogP contribution in [-0.4, -0.2) is 56.6 Å². The van der Waals surface area contributed by atoms with Gasteiger partial charge in [-0.15, -0.1) is 0 Å². The molecule has 4 atom stereocenters. The highest BCUT2D eigenvalue weighted by atomic mass is 32.2.